The molecule has 0 atom stereocenters. The number of aryl methyl sites for hydroxylation is 1. The number of hydrogen-bond acceptors (Lipinski definition) is 3. The monoisotopic (exact) mass is 286 g/mol. The van der Waals surface area contributed by atoms with Gasteiger partial charge in [-0.2, -0.15) is 5.10 Å². The van der Waals surface area contributed by atoms with Crippen molar-refractivity contribution < 1.29 is 0 Å². The molecule has 0 N–H and O–H groups in total. The van der Waals surface area contributed by atoms with Crippen LogP contribution in [0, 0.1) is 10.5 Å². The summed E-state index contributed by atoms with van der Waals surface area (Å²) in [6.45, 7) is 1.95. The summed E-state index contributed by atoms with van der Waals surface area (Å²) in [5, 5.41) is 4.10. The molecule has 5 heteroatoms. The molecule has 2 rings (SSSR count). The van der Waals surface area contributed by atoms with Gasteiger partial charge in [0.15, 0.2) is 0 Å². The van der Waals surface area contributed by atoms with Crippen LogP contribution in [0.15, 0.2) is 24.8 Å². The zero-order valence-corrected chi connectivity index (χ0v) is 9.13. The number of rotatable bonds is 1. The van der Waals surface area contributed by atoms with Gasteiger partial charge >= 0.3 is 0 Å². The van der Waals surface area contributed by atoms with Crippen molar-refractivity contribution in [1.82, 2.24) is 19.7 Å². The molecule has 0 saturated carbocycles. The average Bonchev–Trinajstić information content (AvgIpc) is 2.53. The molecule has 0 aliphatic carbocycles. The molecule has 0 unspecified atom stereocenters. The van der Waals surface area contributed by atoms with Gasteiger partial charge in [-0.05, 0) is 35.1 Å². The molecule has 0 bridgehead atoms. The quantitative estimate of drug-likeness (QED) is 0.747. The van der Waals surface area contributed by atoms with Crippen molar-refractivity contribution in [3.63, 3.8) is 0 Å². The first-order valence-corrected chi connectivity index (χ1v) is 4.83. The highest BCUT2D eigenvalue weighted by atomic mass is 127. The Labute approximate surface area is 89.2 Å². The lowest BCUT2D eigenvalue weighted by atomic mass is 10.4. The maximum absolute atomic E-state index is 4.15. The first kappa shape index (κ1) is 8.61. The van der Waals surface area contributed by atoms with Gasteiger partial charge in [0.2, 0.25) is 5.95 Å². The highest BCUT2D eigenvalue weighted by Gasteiger charge is 2.00. The standard InChI is InChI=1S/C8H7IN4/c1-6-2-10-8(11-3-6)13-5-7(9)4-12-13/h2-5H,1H3. The van der Waals surface area contributed by atoms with E-state index in [1.807, 2.05) is 13.1 Å². The predicted molar refractivity (Wildman–Crippen MR) is 56.6 cm³/mol. The summed E-state index contributed by atoms with van der Waals surface area (Å²) in [6.07, 6.45) is 7.20. The molecule has 0 amide bonds. The minimum Gasteiger partial charge on any atom is -0.219 e. The van der Waals surface area contributed by atoms with Crippen molar-refractivity contribution in [3.05, 3.63) is 33.9 Å². The highest BCUT2D eigenvalue weighted by Crippen LogP contribution is 2.05. The van der Waals surface area contributed by atoms with Crippen LogP contribution in [0.1, 0.15) is 5.56 Å². The third-order valence-electron chi connectivity index (χ3n) is 1.52. The summed E-state index contributed by atoms with van der Waals surface area (Å²) in [5.74, 6) is 0.605. The molecule has 2 heterocycles. The van der Waals surface area contributed by atoms with Crippen LogP contribution in [0.25, 0.3) is 5.95 Å². The summed E-state index contributed by atoms with van der Waals surface area (Å²) in [5.41, 5.74) is 1.05. The molecule has 0 aliphatic rings. The van der Waals surface area contributed by atoms with Crippen molar-refractivity contribution in [2.75, 3.05) is 0 Å². The van der Waals surface area contributed by atoms with Crippen LogP contribution >= 0.6 is 22.6 Å². The lowest BCUT2D eigenvalue weighted by molar-refractivity contribution is 0.805. The fourth-order valence-electron chi connectivity index (χ4n) is 0.914. The van der Waals surface area contributed by atoms with E-state index in [9.17, 15) is 0 Å². The van der Waals surface area contributed by atoms with E-state index < -0.39 is 0 Å². The van der Waals surface area contributed by atoms with Crippen LogP contribution in [-0.4, -0.2) is 19.7 Å². The molecular weight excluding hydrogens is 279 g/mol. The summed E-state index contributed by atoms with van der Waals surface area (Å²) >= 11 is 2.20. The van der Waals surface area contributed by atoms with E-state index in [0.29, 0.717) is 5.95 Å². The maximum Gasteiger partial charge on any atom is 0.250 e. The zero-order valence-electron chi connectivity index (χ0n) is 6.98. The Morgan fingerprint density at radius 2 is 1.92 bits per heavy atom. The van der Waals surface area contributed by atoms with Gasteiger partial charge in [-0.3, -0.25) is 0 Å². The van der Waals surface area contributed by atoms with Crippen molar-refractivity contribution in [3.8, 4) is 5.95 Å². The van der Waals surface area contributed by atoms with E-state index in [1.165, 1.54) is 0 Å². The summed E-state index contributed by atoms with van der Waals surface area (Å²) in [7, 11) is 0. The van der Waals surface area contributed by atoms with E-state index in [0.717, 1.165) is 9.13 Å². The summed E-state index contributed by atoms with van der Waals surface area (Å²) in [6, 6.07) is 0. The van der Waals surface area contributed by atoms with Crippen LogP contribution < -0.4 is 0 Å². The normalized spacial score (nSPS) is 10.3. The second-order valence-electron chi connectivity index (χ2n) is 2.66. The first-order valence-electron chi connectivity index (χ1n) is 3.75. The molecule has 4 nitrogen and oxygen atoms in total. The molecule has 0 saturated heterocycles. The Kier molecular flexibility index (Phi) is 2.26. The molecule has 0 aromatic carbocycles. The fraction of sp³-hybridized carbons (Fsp3) is 0.125. The third kappa shape index (κ3) is 1.85. The molecule has 0 spiro atoms. The van der Waals surface area contributed by atoms with Gasteiger partial charge in [-0.1, -0.05) is 0 Å². The van der Waals surface area contributed by atoms with Gasteiger partial charge in [0.25, 0.3) is 0 Å². The van der Waals surface area contributed by atoms with E-state index >= 15 is 0 Å². The van der Waals surface area contributed by atoms with E-state index in [1.54, 1.807) is 23.3 Å². The summed E-state index contributed by atoms with van der Waals surface area (Å²) in [4.78, 5) is 8.30. The molecule has 0 aliphatic heterocycles. The molecule has 66 valence electrons. The predicted octanol–water partition coefficient (Wildman–Crippen LogP) is 1.58. The van der Waals surface area contributed by atoms with Crippen molar-refractivity contribution in [1.29, 1.82) is 0 Å². The smallest absolute Gasteiger partial charge is 0.219 e. The SMILES string of the molecule is Cc1cnc(-n2cc(I)cn2)nc1. The van der Waals surface area contributed by atoms with E-state index in [-0.39, 0.29) is 0 Å². The largest absolute Gasteiger partial charge is 0.250 e. The number of halogens is 1. The van der Waals surface area contributed by atoms with E-state index in [4.69, 9.17) is 0 Å². The second-order valence-corrected chi connectivity index (χ2v) is 3.91. The lowest BCUT2D eigenvalue weighted by Crippen LogP contribution is -2.00. The van der Waals surface area contributed by atoms with Gasteiger partial charge in [0.1, 0.15) is 0 Å². The van der Waals surface area contributed by atoms with Crippen LogP contribution in [0.4, 0.5) is 0 Å². The van der Waals surface area contributed by atoms with Crippen LogP contribution in [0.3, 0.4) is 0 Å². The van der Waals surface area contributed by atoms with Crippen LogP contribution in [0.2, 0.25) is 0 Å². The van der Waals surface area contributed by atoms with E-state index in [2.05, 4.69) is 37.7 Å². The average molecular weight is 286 g/mol. The van der Waals surface area contributed by atoms with Crippen molar-refractivity contribution in [2.45, 2.75) is 6.92 Å². The van der Waals surface area contributed by atoms with Gasteiger partial charge in [-0.25, -0.2) is 14.6 Å². The molecule has 13 heavy (non-hydrogen) atoms. The van der Waals surface area contributed by atoms with Gasteiger partial charge in [0.05, 0.1) is 9.77 Å². The minimum atomic E-state index is 0.605. The number of nitrogens with zero attached hydrogens (tertiary/aromatic N) is 4. The number of hydrogen-bond donors (Lipinski definition) is 0. The zero-order chi connectivity index (χ0) is 9.26. The Morgan fingerprint density at radius 1 is 1.23 bits per heavy atom. The van der Waals surface area contributed by atoms with Gasteiger partial charge in [0, 0.05) is 18.6 Å². The Balaban J connectivity index is 2.41. The Morgan fingerprint density at radius 3 is 2.46 bits per heavy atom. The number of aromatic nitrogens is 4. The highest BCUT2D eigenvalue weighted by molar-refractivity contribution is 14.1. The third-order valence-corrected chi connectivity index (χ3v) is 2.08. The Hall–Kier alpha value is -0.980. The maximum atomic E-state index is 4.15. The van der Waals surface area contributed by atoms with Crippen LogP contribution in [0.5, 0.6) is 0 Å². The topological polar surface area (TPSA) is 43.6 Å². The molecule has 0 radical (unpaired) electrons. The Bertz CT molecular complexity index is 406. The molecule has 2 aromatic rings. The van der Waals surface area contributed by atoms with Gasteiger partial charge in [-0.15, -0.1) is 0 Å². The van der Waals surface area contributed by atoms with Gasteiger partial charge < -0.3 is 0 Å². The molecular formula is C8H7IN4. The first-order chi connectivity index (χ1) is 6.25. The molecule has 2 aromatic heterocycles. The van der Waals surface area contributed by atoms with Crippen molar-refractivity contribution >= 4 is 22.6 Å². The minimum absolute atomic E-state index is 0.605. The molecule has 0 fully saturated rings. The van der Waals surface area contributed by atoms with Crippen molar-refractivity contribution in [2.24, 2.45) is 0 Å². The second kappa shape index (κ2) is 3.41. The van der Waals surface area contributed by atoms with Crippen LogP contribution in [-0.2, 0) is 0 Å². The summed E-state index contributed by atoms with van der Waals surface area (Å²) < 4.78 is 2.73. The lowest BCUT2D eigenvalue weighted by Gasteiger charge is -1.97. The fourth-order valence-corrected chi connectivity index (χ4v) is 1.30.